The molecule has 31 heteroatoms. The number of carbonyl (C=O) groups excluding carboxylic acids is 9. The molecule has 6 N–H and O–H groups in total. The minimum absolute atomic E-state index is 0.00951. The quantitative estimate of drug-likeness (QED) is 0.0202. The number of thiol groups is 1. The number of aryl methyl sites for hydroxylation is 1. The molecule has 0 unspecified atom stereocenters. The van der Waals surface area contributed by atoms with E-state index in [2.05, 4.69) is 135 Å². The molecule has 0 spiro atoms. The molecular weight excluding hydrogens is 1430 g/mol. The van der Waals surface area contributed by atoms with Gasteiger partial charge in [-0.1, -0.05) is 0 Å². The van der Waals surface area contributed by atoms with Crippen molar-refractivity contribution in [1.29, 1.82) is 0 Å². The van der Waals surface area contributed by atoms with Crippen LogP contribution in [0.3, 0.4) is 0 Å². The second kappa shape index (κ2) is 31.1. The predicted octanol–water partition coefficient (Wildman–Crippen LogP) is 12.4. The van der Waals surface area contributed by atoms with Gasteiger partial charge in [-0.25, -0.2) is 27.7 Å². The van der Waals surface area contributed by atoms with Crippen LogP contribution in [0.15, 0.2) is 89.3 Å². The molecule has 0 aliphatic heterocycles. The van der Waals surface area contributed by atoms with E-state index < -0.39 is 86.9 Å². The fourth-order valence-corrected chi connectivity index (χ4v) is 10.5. The second-order valence-electron chi connectivity index (χ2n) is 21.4. The molecule has 3 aromatic carbocycles. The van der Waals surface area contributed by atoms with E-state index in [1.54, 1.807) is 69.4 Å². The summed E-state index contributed by atoms with van der Waals surface area (Å²) in [6, 6.07) is 12.1. The Morgan fingerprint density at radius 2 is 0.795 bits per heavy atom. The molecular formula is C57H54BBr4F3N13O9S. The molecule has 0 bridgehead atoms. The van der Waals surface area contributed by atoms with Crippen LogP contribution in [-0.2, 0) is 35.5 Å². The number of amides is 6. The number of rotatable bonds is 12. The van der Waals surface area contributed by atoms with E-state index in [1.165, 1.54) is 76.5 Å². The number of carbonyl (C=O) groups is 9. The van der Waals surface area contributed by atoms with Crippen molar-refractivity contribution in [2.75, 3.05) is 16.0 Å². The molecule has 0 saturated carbocycles. The standard InChI is InChI=1S/2C19H17Br2FN4O3.C19H19FN4O3.BHNS/c2*1-19(2,3)25-18(29)15(27)14-13(20)12(16(21)26(14)5)17(28)24-9-6-7-10(22)11(8-9)23-4;1-19(2,3)23-18(27)16(25)15-8-11(10-24(15)5)17(26)22-12-6-7-13(20)14(9-12)21-4;1-2-3/h2*6-8H,1-3,5H3,(H,24,28)(H,25,29);6-10H,1-3,5H3,(H,22,26)(H,23,27);3H. The summed E-state index contributed by atoms with van der Waals surface area (Å²) in [6.07, 6.45) is 1.41. The Labute approximate surface area is 544 Å². The van der Waals surface area contributed by atoms with Gasteiger partial charge in [-0.05, 0) is 187 Å². The minimum atomic E-state index is -0.814. The molecule has 1 radical (unpaired) electrons. The third-order valence-corrected chi connectivity index (χ3v) is 14.4. The van der Waals surface area contributed by atoms with E-state index in [9.17, 15) is 56.3 Å². The molecule has 88 heavy (non-hydrogen) atoms. The van der Waals surface area contributed by atoms with Crippen LogP contribution >= 0.6 is 76.5 Å². The Balaban J connectivity index is 0.000000337. The van der Waals surface area contributed by atoms with Crippen LogP contribution in [0.25, 0.3) is 14.5 Å². The summed E-state index contributed by atoms with van der Waals surface area (Å²) in [5, 5.41) is 15.4. The Hall–Kier alpha value is -8.28. The van der Waals surface area contributed by atoms with Crippen molar-refractivity contribution < 1.29 is 56.3 Å². The van der Waals surface area contributed by atoms with Crippen LogP contribution in [0.2, 0.25) is 0 Å². The second-order valence-corrected chi connectivity index (χ2v) is 24.7. The number of hydrogen-bond acceptors (Lipinski definition) is 11. The van der Waals surface area contributed by atoms with Crippen molar-refractivity contribution in [3.63, 3.8) is 0 Å². The number of nitrogens with zero attached hydrogens (tertiary/aromatic N) is 7. The van der Waals surface area contributed by atoms with Gasteiger partial charge in [-0.3, -0.25) is 43.2 Å². The van der Waals surface area contributed by atoms with Crippen molar-refractivity contribution in [2.45, 2.75) is 78.9 Å². The van der Waals surface area contributed by atoms with Crippen LogP contribution in [-0.4, -0.2) is 90.7 Å². The number of halogens is 7. The first-order valence-corrected chi connectivity index (χ1v) is 28.6. The van der Waals surface area contributed by atoms with E-state index in [1.807, 2.05) is 0 Å². The number of nitrogens with one attached hydrogen (secondary N) is 6. The van der Waals surface area contributed by atoms with Gasteiger partial charge in [0.25, 0.3) is 52.8 Å². The van der Waals surface area contributed by atoms with Gasteiger partial charge >= 0.3 is 24.8 Å². The molecule has 0 aliphatic rings. The normalized spacial score (nSPS) is 10.7. The molecule has 0 aliphatic carbocycles. The zero-order valence-corrected chi connectivity index (χ0v) is 56.1. The summed E-state index contributed by atoms with van der Waals surface area (Å²) in [5.41, 5.74) is -1.45. The summed E-state index contributed by atoms with van der Waals surface area (Å²) in [6.45, 7) is 36.5. The van der Waals surface area contributed by atoms with E-state index >= 15 is 0 Å². The van der Waals surface area contributed by atoms with Crippen LogP contribution in [0, 0.1) is 37.2 Å². The van der Waals surface area contributed by atoms with Crippen LogP contribution in [0.1, 0.15) is 125 Å². The van der Waals surface area contributed by atoms with E-state index in [0.717, 1.165) is 18.2 Å². The van der Waals surface area contributed by atoms with Crippen molar-refractivity contribution in [2.24, 2.45) is 25.4 Å². The maximum Gasteiger partial charge on any atom is 0.294 e. The number of hydrogen-bond donors (Lipinski definition) is 7. The number of anilines is 3. The average molecular weight is 1480 g/mol. The zero-order valence-electron chi connectivity index (χ0n) is 48.8. The van der Waals surface area contributed by atoms with Crippen molar-refractivity contribution >= 4 is 171 Å². The fourth-order valence-electron chi connectivity index (χ4n) is 7.19. The molecule has 3 heterocycles. The molecule has 6 rings (SSSR count). The maximum absolute atomic E-state index is 13.5. The van der Waals surface area contributed by atoms with Gasteiger partial charge < -0.3 is 45.6 Å². The van der Waals surface area contributed by atoms with E-state index in [0.29, 0.717) is 0 Å². The van der Waals surface area contributed by atoms with Crippen LogP contribution in [0.5, 0.6) is 0 Å². The fraction of sp³-hybridized carbons (Fsp3) is 0.263. The molecule has 22 nitrogen and oxygen atoms in total. The maximum atomic E-state index is 13.5. The van der Waals surface area contributed by atoms with Gasteiger partial charge in [-0.2, -0.15) is 0 Å². The van der Waals surface area contributed by atoms with Crippen molar-refractivity contribution in [1.82, 2.24) is 29.7 Å². The summed E-state index contributed by atoms with van der Waals surface area (Å²) >= 11 is 16.2. The molecule has 0 saturated heterocycles. The van der Waals surface area contributed by atoms with Crippen LogP contribution in [0.4, 0.5) is 47.3 Å². The molecule has 6 aromatic rings. The number of ketones is 3. The monoisotopic (exact) mass is 1480 g/mol. The number of Topliss-reactive ketones (excluding diaryl/α,β-unsaturated/α-hetero) is 3. The van der Waals surface area contributed by atoms with Crippen LogP contribution < -0.4 is 31.9 Å². The Morgan fingerprint density at radius 1 is 0.511 bits per heavy atom. The van der Waals surface area contributed by atoms with Gasteiger partial charge in [0.05, 0.1) is 60.3 Å². The van der Waals surface area contributed by atoms with E-state index in [-0.39, 0.29) is 86.0 Å². The van der Waals surface area contributed by atoms with Gasteiger partial charge in [0, 0.05) is 61.0 Å². The molecule has 3 aromatic heterocycles. The van der Waals surface area contributed by atoms with Crippen molar-refractivity contribution in [3.8, 4) is 0 Å². The number of benzene rings is 3. The topological polar surface area (TPSA) is 266 Å². The number of aromatic nitrogens is 3. The molecule has 6 amide bonds. The average Bonchev–Trinajstić information content (AvgIpc) is 2.23. The first-order chi connectivity index (χ1) is 40.7. The third kappa shape index (κ3) is 19.9. The third-order valence-electron chi connectivity index (χ3n) is 11.0. The van der Waals surface area contributed by atoms with Gasteiger partial charge in [0.15, 0.2) is 0 Å². The Kier molecular flexibility index (Phi) is 26.1. The largest absolute Gasteiger partial charge is 0.347 e. The predicted molar refractivity (Wildman–Crippen MR) is 343 cm³/mol. The first kappa shape index (κ1) is 74.0. The Morgan fingerprint density at radius 3 is 1.08 bits per heavy atom. The Bertz CT molecular complexity index is 3790. The van der Waals surface area contributed by atoms with Gasteiger partial charge in [-0.15, -0.1) is 0 Å². The molecule has 0 fully saturated rings. The van der Waals surface area contributed by atoms with E-state index in [4.69, 9.17) is 19.7 Å². The first-order valence-electron chi connectivity index (χ1n) is 25.0. The summed E-state index contributed by atoms with van der Waals surface area (Å²) in [7, 11) is 8.93. The SMILES string of the molecule is [B]=NS.[C-]#[N+]c1cc(NC(=O)c2c(Br)c(C(=O)C(=O)NC(C)(C)C)n(C)c2Br)ccc1F.[C-]#[N+]c1cc(NC(=O)c2c(Br)c(C(=O)C(=O)NC(C)(C)C)n(C)c2Br)ccc1F.[C-]#[N+]c1cc(NC(=O)c2cc(C(=O)C(=O)NC(C)(C)C)n(C)c2)ccc1F. The minimum Gasteiger partial charge on any atom is -0.347 e. The van der Waals surface area contributed by atoms with Gasteiger partial charge in [0.2, 0.25) is 17.1 Å². The summed E-state index contributed by atoms with van der Waals surface area (Å²) in [4.78, 5) is 121. The molecule has 459 valence electrons. The smallest absolute Gasteiger partial charge is 0.294 e. The summed E-state index contributed by atoms with van der Waals surface area (Å²) in [5.74, 6) is -8.62. The zero-order chi connectivity index (χ0) is 67.2. The summed E-state index contributed by atoms with van der Waals surface area (Å²) < 4.78 is 47.9. The van der Waals surface area contributed by atoms with Crippen molar-refractivity contribution in [3.05, 3.63) is 170 Å². The van der Waals surface area contributed by atoms with Gasteiger partial charge in [0.1, 0.15) is 28.8 Å². The molecule has 0 atom stereocenters.